The molecule has 1 unspecified atom stereocenters. The van der Waals surface area contributed by atoms with Gasteiger partial charge in [-0.2, -0.15) is 0 Å². The monoisotopic (exact) mass is 240 g/mol. The Balaban J connectivity index is 2.36. The number of hydrogen-bond acceptors (Lipinski definition) is 3. The van der Waals surface area contributed by atoms with Gasteiger partial charge in [-0.1, -0.05) is 26.2 Å². The third-order valence-electron chi connectivity index (χ3n) is 3.83. The lowest BCUT2D eigenvalue weighted by Gasteiger charge is -2.43. The minimum Gasteiger partial charge on any atom is -0.302 e. The average Bonchev–Trinajstić information content (AvgIpc) is 2.26. The molecular formula is C11H16N2O2S. The molecule has 1 aliphatic heterocycles. The van der Waals surface area contributed by atoms with Crippen LogP contribution in [0.3, 0.4) is 0 Å². The van der Waals surface area contributed by atoms with E-state index in [0.29, 0.717) is 6.42 Å². The molecular weight excluding hydrogens is 224 g/mol. The van der Waals surface area contributed by atoms with Crippen molar-refractivity contribution in [2.45, 2.75) is 39.0 Å². The number of amides is 2. The second kappa shape index (κ2) is 4.13. The number of nitrogens with one attached hydrogen (secondary N) is 2. The van der Waals surface area contributed by atoms with Crippen molar-refractivity contribution in [3.8, 4) is 0 Å². The van der Waals surface area contributed by atoms with Gasteiger partial charge in [0.15, 0.2) is 5.11 Å². The summed E-state index contributed by atoms with van der Waals surface area (Å²) in [6.07, 6.45) is 4.48. The van der Waals surface area contributed by atoms with Gasteiger partial charge in [0.05, 0.1) is 0 Å². The Labute approximate surface area is 100 Å². The molecule has 0 aromatic carbocycles. The average molecular weight is 240 g/mol. The first-order valence-electron chi connectivity index (χ1n) is 5.78. The van der Waals surface area contributed by atoms with Crippen LogP contribution in [0.1, 0.15) is 39.0 Å². The van der Waals surface area contributed by atoms with E-state index >= 15 is 0 Å². The van der Waals surface area contributed by atoms with Crippen LogP contribution in [0.4, 0.5) is 0 Å². The van der Waals surface area contributed by atoms with Crippen LogP contribution < -0.4 is 10.6 Å². The lowest BCUT2D eigenvalue weighted by molar-refractivity contribution is -0.150. The van der Waals surface area contributed by atoms with Crippen LogP contribution in [0.2, 0.25) is 0 Å². The van der Waals surface area contributed by atoms with Gasteiger partial charge in [-0.25, -0.2) is 0 Å². The zero-order chi connectivity index (χ0) is 11.8. The predicted molar refractivity (Wildman–Crippen MR) is 63.6 cm³/mol. The molecule has 1 saturated heterocycles. The van der Waals surface area contributed by atoms with Gasteiger partial charge in [0.2, 0.25) is 11.8 Å². The highest BCUT2D eigenvalue weighted by molar-refractivity contribution is 7.80. The van der Waals surface area contributed by atoms with Gasteiger partial charge in [0.1, 0.15) is 5.41 Å². The number of carbonyl (C=O) groups excluding carboxylic acids is 2. The molecule has 1 heterocycles. The van der Waals surface area contributed by atoms with E-state index < -0.39 is 5.41 Å². The zero-order valence-corrected chi connectivity index (χ0v) is 10.2. The van der Waals surface area contributed by atoms with Crippen molar-refractivity contribution >= 4 is 29.1 Å². The summed E-state index contributed by atoms with van der Waals surface area (Å²) in [7, 11) is 0. The molecule has 1 spiro atoms. The molecule has 0 aromatic rings. The number of rotatable bonds is 1. The van der Waals surface area contributed by atoms with Gasteiger partial charge in [0, 0.05) is 0 Å². The van der Waals surface area contributed by atoms with Gasteiger partial charge >= 0.3 is 0 Å². The fourth-order valence-electron chi connectivity index (χ4n) is 2.96. The van der Waals surface area contributed by atoms with Gasteiger partial charge in [-0.15, -0.1) is 0 Å². The summed E-state index contributed by atoms with van der Waals surface area (Å²) in [5.74, 6) is -0.259. The maximum Gasteiger partial charge on any atom is 0.242 e. The first-order valence-corrected chi connectivity index (χ1v) is 6.19. The fourth-order valence-corrected chi connectivity index (χ4v) is 3.14. The van der Waals surface area contributed by atoms with Crippen molar-refractivity contribution in [3.63, 3.8) is 0 Å². The van der Waals surface area contributed by atoms with Crippen LogP contribution in [0.15, 0.2) is 0 Å². The summed E-state index contributed by atoms with van der Waals surface area (Å²) in [5.41, 5.74) is -0.866. The summed E-state index contributed by atoms with van der Waals surface area (Å²) < 4.78 is 0. The molecule has 0 radical (unpaired) electrons. The first-order chi connectivity index (χ1) is 7.61. The second-order valence-electron chi connectivity index (χ2n) is 4.56. The van der Waals surface area contributed by atoms with Crippen molar-refractivity contribution in [2.24, 2.45) is 11.3 Å². The molecule has 16 heavy (non-hydrogen) atoms. The molecule has 1 aliphatic carbocycles. The van der Waals surface area contributed by atoms with Crippen LogP contribution in [-0.4, -0.2) is 16.9 Å². The lowest BCUT2D eigenvalue weighted by atomic mass is 9.63. The molecule has 2 rings (SSSR count). The molecule has 0 bridgehead atoms. The molecule has 4 nitrogen and oxygen atoms in total. The van der Waals surface area contributed by atoms with E-state index in [1.165, 1.54) is 0 Å². The molecule has 2 N–H and O–H groups in total. The summed E-state index contributed by atoms with van der Waals surface area (Å²) in [6, 6.07) is 0. The van der Waals surface area contributed by atoms with Crippen molar-refractivity contribution in [2.75, 3.05) is 0 Å². The van der Waals surface area contributed by atoms with Gasteiger partial charge in [0.25, 0.3) is 0 Å². The molecule has 1 saturated carbocycles. The molecule has 1 atom stereocenters. The van der Waals surface area contributed by atoms with Crippen LogP contribution in [0.25, 0.3) is 0 Å². The molecule has 2 amide bonds. The molecule has 5 heteroatoms. The Morgan fingerprint density at radius 2 is 1.94 bits per heavy atom. The Morgan fingerprint density at radius 1 is 1.31 bits per heavy atom. The number of thiocarbonyl (C=S) groups is 1. The number of hydrogen-bond donors (Lipinski definition) is 2. The first kappa shape index (κ1) is 11.5. The predicted octanol–water partition coefficient (Wildman–Crippen LogP) is 1.10. The van der Waals surface area contributed by atoms with E-state index in [9.17, 15) is 9.59 Å². The standard InChI is InChI=1S/C11H16N2O2S/c1-2-7-5-3-4-6-11(7)8(14)12-10(16)13-9(11)15/h7H,2-6H2,1H3,(H2,12,13,14,15,16). The van der Waals surface area contributed by atoms with Gasteiger partial charge < -0.3 is 10.6 Å². The second-order valence-corrected chi connectivity index (χ2v) is 4.97. The maximum atomic E-state index is 12.1. The Bertz CT molecular complexity index is 334. The summed E-state index contributed by atoms with van der Waals surface area (Å²) in [5, 5.41) is 5.33. The lowest BCUT2D eigenvalue weighted by Crippen LogP contribution is -2.65. The molecule has 2 aliphatic rings. The largest absolute Gasteiger partial charge is 0.302 e. The quantitative estimate of drug-likeness (QED) is 0.533. The highest BCUT2D eigenvalue weighted by atomic mass is 32.1. The minimum atomic E-state index is -0.866. The summed E-state index contributed by atoms with van der Waals surface area (Å²) in [6.45, 7) is 2.03. The van der Waals surface area contributed by atoms with E-state index in [4.69, 9.17) is 12.2 Å². The Kier molecular flexibility index (Phi) is 2.97. The number of carbonyl (C=O) groups is 2. The van der Waals surface area contributed by atoms with Gasteiger partial charge in [-0.3, -0.25) is 9.59 Å². The van der Waals surface area contributed by atoms with E-state index in [-0.39, 0.29) is 22.8 Å². The fraction of sp³-hybridized carbons (Fsp3) is 0.727. The van der Waals surface area contributed by atoms with Crippen molar-refractivity contribution in [3.05, 3.63) is 0 Å². The van der Waals surface area contributed by atoms with Gasteiger partial charge in [-0.05, 0) is 31.0 Å². The van der Waals surface area contributed by atoms with E-state index in [0.717, 1.165) is 25.7 Å². The van der Waals surface area contributed by atoms with Crippen molar-refractivity contribution < 1.29 is 9.59 Å². The zero-order valence-electron chi connectivity index (χ0n) is 9.34. The van der Waals surface area contributed by atoms with Crippen LogP contribution in [0, 0.1) is 11.3 Å². The van der Waals surface area contributed by atoms with E-state index in [2.05, 4.69) is 10.6 Å². The highest BCUT2D eigenvalue weighted by Crippen LogP contribution is 2.44. The molecule has 0 aromatic heterocycles. The molecule has 88 valence electrons. The van der Waals surface area contributed by atoms with Crippen LogP contribution in [0.5, 0.6) is 0 Å². The topological polar surface area (TPSA) is 58.2 Å². The Morgan fingerprint density at radius 3 is 2.50 bits per heavy atom. The maximum absolute atomic E-state index is 12.1. The third-order valence-corrected chi connectivity index (χ3v) is 4.03. The van der Waals surface area contributed by atoms with Crippen LogP contribution in [-0.2, 0) is 9.59 Å². The van der Waals surface area contributed by atoms with E-state index in [1.54, 1.807) is 0 Å². The van der Waals surface area contributed by atoms with E-state index in [1.807, 2.05) is 6.92 Å². The van der Waals surface area contributed by atoms with Crippen molar-refractivity contribution in [1.29, 1.82) is 0 Å². The smallest absolute Gasteiger partial charge is 0.242 e. The SMILES string of the molecule is CCC1CCCCC12C(=O)NC(=S)NC2=O. The summed E-state index contributed by atoms with van der Waals surface area (Å²) >= 11 is 4.82. The minimum absolute atomic E-state index is 0.140. The third kappa shape index (κ3) is 1.54. The van der Waals surface area contributed by atoms with Crippen LogP contribution >= 0.6 is 12.2 Å². The highest BCUT2D eigenvalue weighted by Gasteiger charge is 2.54. The van der Waals surface area contributed by atoms with Crippen molar-refractivity contribution in [1.82, 2.24) is 10.6 Å². The Hall–Kier alpha value is -0.970. The summed E-state index contributed by atoms with van der Waals surface area (Å²) in [4.78, 5) is 24.2. The normalized spacial score (nSPS) is 28.8. The molecule has 2 fully saturated rings.